The molecule has 11 atom stereocenters. The lowest BCUT2D eigenvalue weighted by atomic mass is 9.87. The van der Waals surface area contributed by atoms with Crippen molar-refractivity contribution in [3.63, 3.8) is 0 Å². The van der Waals surface area contributed by atoms with Crippen molar-refractivity contribution in [3.05, 3.63) is 71.3 Å². The number of nitrogens with one attached hydrogen (secondary N) is 1. The van der Waals surface area contributed by atoms with Gasteiger partial charge in [0.1, 0.15) is 23.9 Å². The van der Waals surface area contributed by atoms with Gasteiger partial charge in [0.15, 0.2) is 0 Å². The zero-order valence-electron chi connectivity index (χ0n) is 32.2. The third-order valence-corrected chi connectivity index (χ3v) is 9.83. The number of hydrogen-bond acceptors (Lipinski definition) is 11. The van der Waals surface area contributed by atoms with Gasteiger partial charge < -0.3 is 44.7 Å². The Kier molecular flexibility index (Phi) is 17.9. The molecule has 2 aliphatic rings. The van der Waals surface area contributed by atoms with Crippen LogP contribution in [0.1, 0.15) is 85.3 Å². The number of aryl methyl sites for hydroxylation is 1. The minimum absolute atomic E-state index is 0.0417. The largest absolute Gasteiger partial charge is 0.483 e. The number of carbonyl (C=O) groups is 3. The van der Waals surface area contributed by atoms with Gasteiger partial charge in [0, 0.05) is 32.4 Å². The Bertz CT molecular complexity index is 1370. The Balaban J connectivity index is 0.00000301. The summed E-state index contributed by atoms with van der Waals surface area (Å²) in [5.74, 6) is -1.35. The lowest BCUT2D eigenvalue weighted by molar-refractivity contribution is -0.157. The highest BCUT2D eigenvalue weighted by molar-refractivity contribution is 5.70. The molecule has 2 heterocycles. The molecule has 2 unspecified atom stereocenters. The van der Waals surface area contributed by atoms with Gasteiger partial charge in [0.2, 0.25) is 0 Å². The second kappa shape index (κ2) is 20.7. The van der Waals surface area contributed by atoms with Crippen LogP contribution in [0.15, 0.2) is 60.2 Å². The smallest absolute Gasteiger partial charge is 0.309 e. The fraction of sp³-hybridized carbons (Fsp3) is 0.625. The summed E-state index contributed by atoms with van der Waals surface area (Å²) in [5, 5.41) is 43.9. The van der Waals surface area contributed by atoms with Crippen LogP contribution in [-0.4, -0.2) is 99.8 Å². The van der Waals surface area contributed by atoms with Crippen LogP contribution in [0.5, 0.6) is 0 Å². The Labute approximate surface area is 308 Å². The quantitative estimate of drug-likeness (QED) is 0.0627. The fourth-order valence-corrected chi connectivity index (χ4v) is 6.60. The van der Waals surface area contributed by atoms with Gasteiger partial charge in [0.05, 0.1) is 36.4 Å². The number of allylic oxidation sites excluding steroid dienone is 2. The number of methoxy groups -OCH3 is 1. The third kappa shape index (κ3) is 13.9. The van der Waals surface area contributed by atoms with Crippen LogP contribution >= 0.6 is 0 Å². The van der Waals surface area contributed by atoms with Crippen LogP contribution in [0.3, 0.4) is 0 Å². The van der Waals surface area contributed by atoms with Gasteiger partial charge >= 0.3 is 11.9 Å². The molecular weight excluding hydrogens is 670 g/mol. The molecule has 1 aromatic rings. The summed E-state index contributed by atoms with van der Waals surface area (Å²) in [6.45, 7) is 14.8. The van der Waals surface area contributed by atoms with E-state index < -0.39 is 47.5 Å². The van der Waals surface area contributed by atoms with E-state index in [4.69, 9.17) is 28.8 Å². The molecule has 12 heteroatoms. The molecule has 12 nitrogen and oxygen atoms in total. The number of aliphatic hydroxyl groups excluding tert-OH is 1. The summed E-state index contributed by atoms with van der Waals surface area (Å²) in [5.41, 5.74) is 0.189. The molecule has 2 aliphatic heterocycles. The molecule has 0 amide bonds. The van der Waals surface area contributed by atoms with Crippen molar-refractivity contribution in [1.82, 2.24) is 5.32 Å². The van der Waals surface area contributed by atoms with Gasteiger partial charge in [-0.2, -0.15) is 0 Å². The molecule has 0 aromatic heterocycles. The van der Waals surface area contributed by atoms with Crippen molar-refractivity contribution < 1.29 is 53.8 Å². The second-order valence-corrected chi connectivity index (χ2v) is 14.5. The number of benzene rings is 1. The molecule has 3 rings (SSSR count). The molecule has 52 heavy (non-hydrogen) atoms. The molecule has 5 N–H and O–H groups in total. The predicted octanol–water partition coefficient (Wildman–Crippen LogP) is 4.57. The number of rotatable bonds is 13. The number of aliphatic hydroxyl groups is 3. The minimum atomic E-state index is -1.45. The zero-order valence-corrected chi connectivity index (χ0v) is 32.2. The lowest BCUT2D eigenvalue weighted by Gasteiger charge is -2.32. The molecule has 0 bridgehead atoms. The van der Waals surface area contributed by atoms with E-state index >= 15 is 0 Å². The van der Waals surface area contributed by atoms with Crippen molar-refractivity contribution in [3.8, 4) is 0 Å². The fourth-order valence-electron chi connectivity index (χ4n) is 6.60. The van der Waals surface area contributed by atoms with E-state index in [1.165, 1.54) is 12.5 Å². The number of cyclic esters (lactones) is 1. The van der Waals surface area contributed by atoms with E-state index in [2.05, 4.69) is 43.4 Å². The van der Waals surface area contributed by atoms with Crippen LogP contribution in [-0.2, 0) is 39.9 Å². The Hall–Kier alpha value is -3.39. The van der Waals surface area contributed by atoms with E-state index in [1.807, 2.05) is 20.8 Å². The Morgan fingerprint density at radius 1 is 1.19 bits per heavy atom. The highest BCUT2D eigenvalue weighted by Crippen LogP contribution is 2.39. The summed E-state index contributed by atoms with van der Waals surface area (Å²) in [6, 6.07) is 7.82. The maximum absolute atomic E-state index is 12.9. The predicted molar refractivity (Wildman–Crippen MR) is 197 cm³/mol. The van der Waals surface area contributed by atoms with E-state index in [-0.39, 0.29) is 55.9 Å². The van der Waals surface area contributed by atoms with E-state index in [0.717, 1.165) is 12.0 Å². The molecule has 1 aromatic carbocycles. The van der Waals surface area contributed by atoms with Gasteiger partial charge in [-0.25, -0.2) is 0 Å². The van der Waals surface area contributed by atoms with Crippen LogP contribution in [0.4, 0.5) is 0 Å². The average molecular weight is 732 g/mol. The molecule has 1 fully saturated rings. The van der Waals surface area contributed by atoms with Crippen molar-refractivity contribution >= 4 is 18.4 Å². The van der Waals surface area contributed by atoms with Crippen LogP contribution in [0.2, 0.25) is 0 Å². The molecule has 1 saturated heterocycles. The number of hydrogen-bond donors (Lipinski definition) is 5. The van der Waals surface area contributed by atoms with E-state index in [9.17, 15) is 24.9 Å². The first kappa shape index (κ1) is 44.8. The van der Waals surface area contributed by atoms with Crippen molar-refractivity contribution in [2.75, 3.05) is 7.11 Å². The molecule has 0 aliphatic carbocycles. The number of carbonyl (C=O) groups excluding carboxylic acids is 2. The number of esters is 2. The summed E-state index contributed by atoms with van der Waals surface area (Å²) in [7, 11) is 1.71. The molecular formula is C40H61NO11. The second-order valence-electron chi connectivity index (χ2n) is 14.5. The third-order valence-electron chi connectivity index (χ3n) is 9.83. The van der Waals surface area contributed by atoms with Gasteiger partial charge in [0.25, 0.3) is 6.47 Å². The number of ether oxygens (including phenoxy) is 4. The molecule has 0 saturated carbocycles. The number of epoxide rings is 1. The maximum atomic E-state index is 12.9. The Morgan fingerprint density at radius 2 is 1.83 bits per heavy atom. The summed E-state index contributed by atoms with van der Waals surface area (Å²) < 4.78 is 23.2. The standard InChI is InChI=1S/C39H59NO9.CH2O2/c1-10-31(46-9)27(5)35-36(49-35)37(40-23-29-16-13-24(2)14-17-29)39(8,45)20-11-12-25(3)34-26(4)15-18-32(47-28(6)41)38(7,44)21-19-30(42)22-33(43)48-34;2-1-3/h11-18,20,26-27,30-32,34-37,40,42,44-45H,10,19,21-23H2,1-9H3;1H,(H,2,3)/b18-15+,20-11+,25-12+;/t26-,27+,30+,31-,32-,34-,35+,36-,37?,38+,39?;/m0./s1. The molecule has 0 spiro atoms. The van der Waals surface area contributed by atoms with Crippen molar-refractivity contribution in [2.45, 2.75) is 141 Å². The highest BCUT2D eigenvalue weighted by Gasteiger charge is 2.54. The average Bonchev–Trinajstić information content (AvgIpc) is 3.86. The van der Waals surface area contributed by atoms with Gasteiger partial charge in [-0.15, -0.1) is 0 Å². The first-order valence-electron chi connectivity index (χ1n) is 18.0. The van der Waals surface area contributed by atoms with Crippen LogP contribution in [0, 0.1) is 18.8 Å². The van der Waals surface area contributed by atoms with Crippen LogP contribution < -0.4 is 5.32 Å². The maximum Gasteiger partial charge on any atom is 0.309 e. The molecule has 292 valence electrons. The van der Waals surface area contributed by atoms with E-state index in [1.54, 1.807) is 51.3 Å². The molecule has 0 radical (unpaired) electrons. The monoisotopic (exact) mass is 731 g/mol. The first-order chi connectivity index (χ1) is 24.4. The highest BCUT2D eigenvalue weighted by atomic mass is 16.6. The number of carboxylic acid groups (broad SMARTS) is 1. The summed E-state index contributed by atoms with van der Waals surface area (Å²) in [4.78, 5) is 33.1. The van der Waals surface area contributed by atoms with Gasteiger partial charge in [-0.05, 0) is 64.2 Å². The van der Waals surface area contributed by atoms with Crippen molar-refractivity contribution in [2.24, 2.45) is 11.8 Å². The zero-order chi connectivity index (χ0) is 39.2. The van der Waals surface area contributed by atoms with Crippen molar-refractivity contribution in [1.29, 1.82) is 0 Å². The Morgan fingerprint density at radius 3 is 2.40 bits per heavy atom. The topological polar surface area (TPSA) is 184 Å². The van der Waals surface area contributed by atoms with Gasteiger partial charge in [-0.1, -0.05) is 74.9 Å². The summed E-state index contributed by atoms with van der Waals surface area (Å²) >= 11 is 0. The minimum Gasteiger partial charge on any atom is -0.483 e. The summed E-state index contributed by atoms with van der Waals surface area (Å²) in [6.07, 6.45) is 6.50. The van der Waals surface area contributed by atoms with E-state index in [0.29, 0.717) is 12.1 Å². The lowest BCUT2D eigenvalue weighted by Crippen LogP contribution is -2.52. The normalized spacial score (nSPS) is 30.5. The SMILES string of the molecule is CC[C@H](OC)[C@@H](C)[C@H]1O[C@@H]1C(NCc1ccc(C)cc1)C(C)(O)/C=C/C=C(\C)[C@@H]1OC(=O)C[C@H](O)CC[C@@](C)(O)[C@@H](OC(C)=O)/C=C/[C@@H]1C.O=CO. The van der Waals surface area contributed by atoms with Gasteiger partial charge in [-0.3, -0.25) is 14.4 Å². The van der Waals surface area contributed by atoms with Crippen LogP contribution in [0.25, 0.3) is 0 Å². The first-order valence-corrected chi connectivity index (χ1v) is 18.0.